The van der Waals surface area contributed by atoms with Gasteiger partial charge in [0.2, 0.25) is 0 Å². The number of benzene rings is 2. The molecule has 0 saturated heterocycles. The predicted octanol–water partition coefficient (Wildman–Crippen LogP) is 1.31. The number of rotatable bonds is 6. The quantitative estimate of drug-likeness (QED) is 0.748. The lowest BCUT2D eigenvalue weighted by molar-refractivity contribution is -0.885. The Morgan fingerprint density at radius 3 is 2.21 bits per heavy atom. The fraction of sp³-hybridized carbons (Fsp3) is 0.222. The third kappa shape index (κ3) is 5.17. The summed E-state index contributed by atoms with van der Waals surface area (Å²) in [6, 6.07) is 14.3. The highest BCUT2D eigenvalue weighted by Gasteiger charge is 2.24. The van der Waals surface area contributed by atoms with Crippen LogP contribution < -0.4 is 15.5 Å². The molecule has 0 saturated carbocycles. The van der Waals surface area contributed by atoms with Gasteiger partial charge in [-0.25, -0.2) is 4.39 Å². The monoisotopic (exact) mass is 330 g/mol. The van der Waals surface area contributed by atoms with Gasteiger partial charge in [-0.15, -0.1) is 0 Å². The lowest BCUT2D eigenvalue weighted by Crippen LogP contribution is -3.14. The lowest BCUT2D eigenvalue weighted by Gasteiger charge is -2.20. The molecule has 0 bridgehead atoms. The van der Waals surface area contributed by atoms with Gasteiger partial charge in [0.15, 0.2) is 12.6 Å². The van der Waals surface area contributed by atoms with E-state index in [9.17, 15) is 14.0 Å². The van der Waals surface area contributed by atoms with E-state index >= 15 is 0 Å². The number of para-hydroxylation sites is 1. The number of nitrogens with one attached hydrogen (secondary N) is 3. The Kier molecular flexibility index (Phi) is 6.03. The molecule has 2 atom stereocenters. The molecule has 24 heavy (non-hydrogen) atoms. The van der Waals surface area contributed by atoms with Crippen LogP contribution in [-0.2, 0) is 9.59 Å². The van der Waals surface area contributed by atoms with Crippen LogP contribution in [0, 0.1) is 5.82 Å². The van der Waals surface area contributed by atoms with E-state index < -0.39 is 6.04 Å². The molecule has 2 amide bonds. The van der Waals surface area contributed by atoms with Crippen molar-refractivity contribution in [1.82, 2.24) is 0 Å². The van der Waals surface area contributed by atoms with Crippen molar-refractivity contribution in [3.63, 3.8) is 0 Å². The zero-order valence-electron chi connectivity index (χ0n) is 13.7. The Bertz CT molecular complexity index is 689. The maximum atomic E-state index is 12.8. The van der Waals surface area contributed by atoms with Gasteiger partial charge >= 0.3 is 0 Å². The molecule has 5 nitrogen and oxygen atoms in total. The lowest BCUT2D eigenvalue weighted by atomic mass is 10.2. The van der Waals surface area contributed by atoms with Gasteiger partial charge < -0.3 is 15.5 Å². The number of hydrogen-bond donors (Lipinski definition) is 3. The van der Waals surface area contributed by atoms with Crippen molar-refractivity contribution < 1.29 is 18.9 Å². The molecule has 6 heteroatoms. The van der Waals surface area contributed by atoms with Crippen LogP contribution in [0.4, 0.5) is 15.8 Å². The van der Waals surface area contributed by atoms with Crippen LogP contribution in [0.1, 0.15) is 6.92 Å². The molecule has 0 radical (unpaired) electrons. The Morgan fingerprint density at radius 2 is 1.58 bits per heavy atom. The highest BCUT2D eigenvalue weighted by Crippen LogP contribution is 2.07. The fourth-order valence-electron chi connectivity index (χ4n) is 2.14. The van der Waals surface area contributed by atoms with E-state index in [4.69, 9.17) is 0 Å². The summed E-state index contributed by atoms with van der Waals surface area (Å²) in [4.78, 5) is 25.0. The number of amides is 2. The van der Waals surface area contributed by atoms with Gasteiger partial charge in [-0.05, 0) is 43.3 Å². The van der Waals surface area contributed by atoms with E-state index in [0.29, 0.717) is 5.69 Å². The highest BCUT2D eigenvalue weighted by atomic mass is 19.1. The van der Waals surface area contributed by atoms with Crippen LogP contribution in [0.5, 0.6) is 0 Å². The van der Waals surface area contributed by atoms with Gasteiger partial charge in [-0.1, -0.05) is 18.2 Å². The van der Waals surface area contributed by atoms with Crippen LogP contribution in [0.15, 0.2) is 54.6 Å². The average molecular weight is 330 g/mol. The van der Waals surface area contributed by atoms with Crippen molar-refractivity contribution in [2.24, 2.45) is 0 Å². The molecular weight excluding hydrogens is 309 g/mol. The van der Waals surface area contributed by atoms with Gasteiger partial charge in [0.1, 0.15) is 5.82 Å². The first-order valence-corrected chi connectivity index (χ1v) is 7.69. The molecule has 1 unspecified atom stereocenters. The minimum absolute atomic E-state index is 0.126. The Labute approximate surface area is 140 Å². The summed E-state index contributed by atoms with van der Waals surface area (Å²) in [5, 5.41) is 5.50. The highest BCUT2D eigenvalue weighted by molar-refractivity contribution is 5.94. The van der Waals surface area contributed by atoms with Crippen LogP contribution in [-0.4, -0.2) is 31.4 Å². The molecule has 2 aromatic carbocycles. The maximum absolute atomic E-state index is 12.8. The summed E-state index contributed by atoms with van der Waals surface area (Å²) in [6.07, 6.45) is 0. The topological polar surface area (TPSA) is 62.6 Å². The third-order valence-electron chi connectivity index (χ3n) is 3.74. The summed E-state index contributed by atoms with van der Waals surface area (Å²) < 4.78 is 12.8. The van der Waals surface area contributed by atoms with Crippen molar-refractivity contribution in [2.75, 3.05) is 24.2 Å². The first-order chi connectivity index (χ1) is 11.5. The first-order valence-electron chi connectivity index (χ1n) is 7.69. The number of carbonyl (C=O) groups excluding carboxylic acids is 2. The maximum Gasteiger partial charge on any atom is 0.282 e. The summed E-state index contributed by atoms with van der Waals surface area (Å²) in [5.74, 6) is -0.756. The SMILES string of the molecule is C[C@@H](C(=O)Nc1ccccc1)[NH+](C)CC(=O)Nc1ccc(F)cc1. The van der Waals surface area contributed by atoms with E-state index in [1.54, 1.807) is 26.1 Å². The number of likely N-dealkylation sites (N-methyl/N-ethyl adjacent to an activating group) is 1. The molecule has 0 heterocycles. The molecule has 0 aliphatic rings. The van der Waals surface area contributed by atoms with Crippen LogP contribution >= 0.6 is 0 Å². The second kappa shape index (κ2) is 8.21. The second-order valence-corrected chi connectivity index (χ2v) is 5.66. The summed E-state index contributed by atoms with van der Waals surface area (Å²) in [5.41, 5.74) is 1.24. The van der Waals surface area contributed by atoms with Crippen LogP contribution in [0.2, 0.25) is 0 Å². The van der Waals surface area contributed by atoms with Gasteiger partial charge in [-0.2, -0.15) is 0 Å². The first kappa shape index (κ1) is 17.6. The van der Waals surface area contributed by atoms with E-state index in [2.05, 4.69) is 10.6 Å². The number of anilines is 2. The van der Waals surface area contributed by atoms with Crippen molar-refractivity contribution in [3.05, 3.63) is 60.4 Å². The standard InChI is InChI=1S/C18H20FN3O2/c1-13(18(24)21-15-6-4-3-5-7-15)22(2)12-17(23)20-16-10-8-14(19)9-11-16/h3-11,13H,12H2,1-2H3,(H,20,23)(H,21,24)/p+1/t13-/m0/s1. The molecule has 0 aliphatic heterocycles. The van der Waals surface area contributed by atoms with Crippen molar-refractivity contribution in [3.8, 4) is 0 Å². The molecular formula is C18H21FN3O2+. The van der Waals surface area contributed by atoms with Crippen molar-refractivity contribution >= 4 is 23.2 Å². The van der Waals surface area contributed by atoms with E-state index in [1.165, 1.54) is 24.3 Å². The Hall–Kier alpha value is -2.73. The van der Waals surface area contributed by atoms with E-state index in [0.717, 1.165) is 10.6 Å². The normalized spacial score (nSPS) is 13.0. The number of quaternary nitrogens is 1. The van der Waals surface area contributed by atoms with Crippen LogP contribution in [0.3, 0.4) is 0 Å². The van der Waals surface area contributed by atoms with E-state index in [1.807, 2.05) is 18.2 Å². The molecule has 0 spiro atoms. The van der Waals surface area contributed by atoms with Gasteiger partial charge in [0, 0.05) is 11.4 Å². The molecule has 2 aromatic rings. The van der Waals surface area contributed by atoms with Gasteiger partial charge in [0.25, 0.3) is 11.8 Å². The average Bonchev–Trinajstić information content (AvgIpc) is 2.57. The van der Waals surface area contributed by atoms with Crippen molar-refractivity contribution in [2.45, 2.75) is 13.0 Å². The smallest absolute Gasteiger partial charge is 0.282 e. The Morgan fingerprint density at radius 1 is 1.00 bits per heavy atom. The van der Waals surface area contributed by atoms with Gasteiger partial charge in [-0.3, -0.25) is 9.59 Å². The number of halogens is 1. The summed E-state index contributed by atoms with van der Waals surface area (Å²) >= 11 is 0. The van der Waals surface area contributed by atoms with Crippen molar-refractivity contribution in [1.29, 1.82) is 0 Å². The fourth-order valence-corrected chi connectivity index (χ4v) is 2.14. The zero-order chi connectivity index (χ0) is 17.5. The molecule has 0 fully saturated rings. The molecule has 126 valence electrons. The minimum atomic E-state index is -0.399. The largest absolute Gasteiger partial charge is 0.321 e. The summed E-state index contributed by atoms with van der Waals surface area (Å²) in [6.45, 7) is 1.89. The van der Waals surface area contributed by atoms with Gasteiger partial charge in [0.05, 0.1) is 7.05 Å². The zero-order valence-corrected chi connectivity index (χ0v) is 13.7. The molecule has 3 N–H and O–H groups in total. The predicted molar refractivity (Wildman–Crippen MR) is 91.3 cm³/mol. The Balaban J connectivity index is 1.86. The minimum Gasteiger partial charge on any atom is -0.321 e. The molecule has 0 aromatic heterocycles. The second-order valence-electron chi connectivity index (χ2n) is 5.66. The molecule has 0 aliphatic carbocycles. The number of carbonyl (C=O) groups is 2. The summed E-state index contributed by atoms with van der Waals surface area (Å²) in [7, 11) is 1.78. The third-order valence-corrected chi connectivity index (χ3v) is 3.74. The number of hydrogen-bond acceptors (Lipinski definition) is 2. The molecule has 2 rings (SSSR count). The van der Waals surface area contributed by atoms with E-state index in [-0.39, 0.29) is 24.2 Å². The van der Waals surface area contributed by atoms with Crippen LogP contribution in [0.25, 0.3) is 0 Å².